The van der Waals surface area contributed by atoms with Crippen LogP contribution in [0.3, 0.4) is 0 Å². The van der Waals surface area contributed by atoms with E-state index in [9.17, 15) is 39.9 Å². The molecule has 5 N–H and O–H groups in total. The van der Waals surface area contributed by atoms with Crippen LogP contribution in [0, 0.1) is 6.92 Å². The highest BCUT2D eigenvalue weighted by atomic mass is 16.5. The Bertz CT molecular complexity index is 1820. The number of carboxylic acid groups (broad SMARTS) is 1. The summed E-state index contributed by atoms with van der Waals surface area (Å²) >= 11 is 0. The summed E-state index contributed by atoms with van der Waals surface area (Å²) in [5.74, 6) is -5.87. The van der Waals surface area contributed by atoms with Gasteiger partial charge in [0.05, 0.1) is 34.9 Å². The van der Waals surface area contributed by atoms with Gasteiger partial charge in [-0.15, -0.1) is 0 Å². The Morgan fingerprint density at radius 1 is 0.675 bits per heavy atom. The molecule has 2 unspecified atom stereocenters. The topological polar surface area (TPSA) is 162 Å². The van der Waals surface area contributed by atoms with Gasteiger partial charge in [-0.05, 0) is 65.1 Å². The van der Waals surface area contributed by atoms with E-state index in [-0.39, 0.29) is 56.4 Å². The van der Waals surface area contributed by atoms with Crippen molar-refractivity contribution < 1.29 is 44.7 Å². The molecule has 0 heterocycles. The average molecular weight is 539 g/mol. The number of aromatic carboxylic acids is 1. The molecular weight excluding hydrogens is 516 g/mol. The van der Waals surface area contributed by atoms with Crippen LogP contribution in [0.4, 0.5) is 0 Å². The van der Waals surface area contributed by atoms with E-state index in [2.05, 4.69) is 0 Å². The fourth-order valence-corrected chi connectivity index (χ4v) is 6.15. The van der Waals surface area contributed by atoms with Crippen LogP contribution in [-0.2, 0) is 0 Å². The minimum Gasteiger partial charge on any atom is -0.507 e. The molecule has 9 heteroatoms. The van der Waals surface area contributed by atoms with E-state index >= 15 is 0 Å². The summed E-state index contributed by atoms with van der Waals surface area (Å²) in [5.41, 5.74) is 1.08. The molecule has 0 spiro atoms. The zero-order chi connectivity index (χ0) is 28.6. The maximum Gasteiger partial charge on any atom is 0.335 e. The first kappa shape index (κ1) is 25.0. The summed E-state index contributed by atoms with van der Waals surface area (Å²) in [6.45, 7) is 1.73. The van der Waals surface area contributed by atoms with Crippen LogP contribution < -0.4 is 4.74 Å². The van der Waals surface area contributed by atoms with Crippen molar-refractivity contribution in [2.75, 3.05) is 7.11 Å². The molecule has 40 heavy (non-hydrogen) atoms. The highest BCUT2D eigenvalue weighted by molar-refractivity contribution is 6.18. The van der Waals surface area contributed by atoms with Crippen LogP contribution in [0.2, 0.25) is 0 Å². The molecule has 2 aliphatic carbocycles. The van der Waals surface area contributed by atoms with E-state index in [0.717, 1.165) is 6.07 Å². The van der Waals surface area contributed by atoms with Gasteiger partial charge in [0.2, 0.25) is 11.6 Å². The van der Waals surface area contributed by atoms with E-state index < -0.39 is 35.1 Å². The SMILES string of the molecule is COc1cc(O)c2c(c1)C(C1c3cccc(O)c3C(=O)c3c(O)cc(C(=O)O)cc31)c1cc(C)cc(O)c1C2=O. The first-order valence-corrected chi connectivity index (χ1v) is 12.3. The van der Waals surface area contributed by atoms with Gasteiger partial charge in [-0.1, -0.05) is 18.2 Å². The van der Waals surface area contributed by atoms with Crippen LogP contribution in [0.5, 0.6) is 28.7 Å². The first-order chi connectivity index (χ1) is 19.0. The Morgan fingerprint density at radius 3 is 1.82 bits per heavy atom. The lowest BCUT2D eigenvalue weighted by Crippen LogP contribution is -2.30. The lowest BCUT2D eigenvalue weighted by molar-refractivity contribution is 0.0695. The number of hydrogen-bond acceptors (Lipinski definition) is 8. The normalized spacial score (nSPS) is 16.9. The molecule has 0 aliphatic heterocycles. The zero-order valence-electron chi connectivity index (χ0n) is 21.2. The van der Waals surface area contributed by atoms with Crippen LogP contribution in [-0.4, -0.2) is 50.2 Å². The van der Waals surface area contributed by atoms with Crippen molar-refractivity contribution in [3.8, 4) is 28.7 Å². The molecule has 0 saturated carbocycles. The van der Waals surface area contributed by atoms with E-state index in [4.69, 9.17) is 4.74 Å². The van der Waals surface area contributed by atoms with Gasteiger partial charge in [0.25, 0.3) is 0 Å². The molecule has 9 nitrogen and oxygen atoms in total. The van der Waals surface area contributed by atoms with Crippen molar-refractivity contribution in [2.45, 2.75) is 18.8 Å². The smallest absolute Gasteiger partial charge is 0.335 e. The fraction of sp³-hybridized carbons (Fsp3) is 0.129. The molecule has 0 saturated heterocycles. The molecule has 6 rings (SSSR count). The second-order valence-corrected chi connectivity index (χ2v) is 9.98. The third kappa shape index (κ3) is 3.37. The van der Waals surface area contributed by atoms with Gasteiger partial charge < -0.3 is 30.3 Å². The van der Waals surface area contributed by atoms with E-state index in [1.54, 1.807) is 25.1 Å². The third-order valence-corrected chi connectivity index (χ3v) is 7.70. The number of aromatic hydroxyl groups is 4. The summed E-state index contributed by atoms with van der Waals surface area (Å²) in [6.07, 6.45) is 0. The number of ether oxygens (including phenoxy) is 1. The Morgan fingerprint density at radius 2 is 1.20 bits per heavy atom. The van der Waals surface area contributed by atoms with Gasteiger partial charge in [0, 0.05) is 17.9 Å². The molecule has 0 amide bonds. The highest BCUT2D eigenvalue weighted by Gasteiger charge is 2.46. The van der Waals surface area contributed by atoms with Crippen LogP contribution in [0.1, 0.15) is 81.9 Å². The summed E-state index contributed by atoms with van der Waals surface area (Å²) < 4.78 is 5.38. The number of benzene rings is 4. The van der Waals surface area contributed by atoms with E-state index in [1.807, 2.05) is 0 Å². The molecule has 0 radical (unpaired) electrons. The lowest BCUT2D eigenvalue weighted by atomic mass is 9.63. The number of ketones is 2. The van der Waals surface area contributed by atoms with Gasteiger partial charge in [-0.2, -0.15) is 0 Å². The minimum absolute atomic E-state index is 0.0534. The maximum absolute atomic E-state index is 13.7. The van der Waals surface area contributed by atoms with Crippen molar-refractivity contribution >= 4 is 17.5 Å². The molecule has 2 atom stereocenters. The number of hydrogen-bond donors (Lipinski definition) is 5. The third-order valence-electron chi connectivity index (χ3n) is 7.70. The average Bonchev–Trinajstić information content (AvgIpc) is 2.88. The molecule has 0 bridgehead atoms. The molecule has 200 valence electrons. The highest BCUT2D eigenvalue weighted by Crippen LogP contribution is 2.56. The summed E-state index contributed by atoms with van der Waals surface area (Å²) in [5, 5.41) is 53.4. The lowest BCUT2D eigenvalue weighted by Gasteiger charge is -2.38. The first-order valence-electron chi connectivity index (χ1n) is 12.3. The van der Waals surface area contributed by atoms with Gasteiger partial charge in [-0.3, -0.25) is 9.59 Å². The number of carboxylic acids is 1. The second-order valence-electron chi connectivity index (χ2n) is 9.98. The summed E-state index contributed by atoms with van der Waals surface area (Å²) in [7, 11) is 1.39. The fourth-order valence-electron chi connectivity index (χ4n) is 6.15. The number of phenols is 4. The molecule has 0 fully saturated rings. The van der Waals surface area contributed by atoms with Gasteiger partial charge in [0.1, 0.15) is 28.7 Å². The largest absolute Gasteiger partial charge is 0.507 e. The number of methoxy groups -OCH3 is 1. The van der Waals surface area contributed by atoms with Crippen molar-refractivity contribution in [1.29, 1.82) is 0 Å². The maximum atomic E-state index is 13.7. The number of carbonyl (C=O) groups is 3. The van der Waals surface area contributed by atoms with Gasteiger partial charge in [0.15, 0.2) is 0 Å². The van der Waals surface area contributed by atoms with Crippen LogP contribution >= 0.6 is 0 Å². The van der Waals surface area contributed by atoms with Crippen molar-refractivity contribution in [2.24, 2.45) is 0 Å². The second kappa shape index (κ2) is 8.60. The Hall–Kier alpha value is -5.31. The Kier molecular flexibility index (Phi) is 5.38. The zero-order valence-corrected chi connectivity index (χ0v) is 21.2. The molecule has 4 aromatic rings. The van der Waals surface area contributed by atoms with E-state index in [1.165, 1.54) is 37.4 Å². The van der Waals surface area contributed by atoms with E-state index in [0.29, 0.717) is 22.3 Å². The predicted octanol–water partition coefficient (Wildman–Crippen LogP) is 4.58. The number of rotatable bonds is 3. The molecule has 2 aliphatic rings. The predicted molar refractivity (Wildman–Crippen MR) is 141 cm³/mol. The Labute approximate surface area is 227 Å². The van der Waals surface area contributed by atoms with Crippen molar-refractivity contribution in [1.82, 2.24) is 0 Å². The minimum atomic E-state index is -1.33. The standard InChI is InChI=1S/C31H22O9/c1-12-6-16-24(18-10-14(40-2)11-22(35)28(18)30(37)26(16)20(33)7-12)23-15-4-3-5-19(32)25(15)29(36)27-17(23)8-13(31(38)39)9-21(27)34/h3-11,23-24,32-35H,1-2H3,(H,38,39). The monoisotopic (exact) mass is 538 g/mol. The van der Waals surface area contributed by atoms with Crippen molar-refractivity contribution in [3.63, 3.8) is 0 Å². The van der Waals surface area contributed by atoms with Gasteiger partial charge in [-0.25, -0.2) is 4.79 Å². The molecule has 4 aromatic carbocycles. The number of carbonyl (C=O) groups excluding carboxylic acids is 2. The van der Waals surface area contributed by atoms with Crippen molar-refractivity contribution in [3.05, 3.63) is 110 Å². The van der Waals surface area contributed by atoms with Crippen LogP contribution in [0.25, 0.3) is 0 Å². The van der Waals surface area contributed by atoms with Gasteiger partial charge >= 0.3 is 5.97 Å². The number of phenolic OH excluding ortho intramolecular Hbond substituents is 4. The quantitative estimate of drug-likeness (QED) is 0.251. The number of aryl methyl sites for hydroxylation is 1. The summed E-state index contributed by atoms with van der Waals surface area (Å²) in [4.78, 5) is 39.4. The summed E-state index contributed by atoms with van der Waals surface area (Å²) in [6, 6.07) is 12.7. The molecule has 0 aromatic heterocycles. The number of fused-ring (bicyclic) bond motifs is 4. The van der Waals surface area contributed by atoms with Crippen LogP contribution in [0.15, 0.2) is 54.6 Å². The Balaban J connectivity index is 1.80. The molecular formula is C31H22O9.